The molecule has 1 unspecified atom stereocenters. The highest BCUT2D eigenvalue weighted by atomic mass is 32.2. The highest BCUT2D eigenvalue weighted by Crippen LogP contribution is 2.27. The molecule has 0 saturated heterocycles. The van der Waals surface area contributed by atoms with Gasteiger partial charge in [0.05, 0.1) is 18.9 Å². The molecule has 0 spiro atoms. The molecular formula is C23H31N5O2S. The van der Waals surface area contributed by atoms with Crippen molar-refractivity contribution in [2.75, 3.05) is 31.8 Å². The Labute approximate surface area is 185 Å². The molecule has 0 amide bonds. The third-order valence-electron chi connectivity index (χ3n) is 5.02. The minimum atomic E-state index is -1.80. The first-order chi connectivity index (χ1) is 14.8. The van der Waals surface area contributed by atoms with Gasteiger partial charge in [-0.15, -0.1) is 0 Å². The molecule has 0 radical (unpaired) electrons. The van der Waals surface area contributed by atoms with Crippen LogP contribution in [-0.2, 0) is 20.1 Å². The smallest absolute Gasteiger partial charge is 0.227 e. The van der Waals surface area contributed by atoms with E-state index in [0.29, 0.717) is 24.9 Å². The van der Waals surface area contributed by atoms with E-state index in [9.17, 15) is 0 Å². The average molecular weight is 442 g/mol. The molecule has 1 aliphatic heterocycles. The van der Waals surface area contributed by atoms with Gasteiger partial charge >= 0.3 is 0 Å². The van der Waals surface area contributed by atoms with Crippen LogP contribution in [0.15, 0.2) is 47.2 Å². The Balaban J connectivity index is 2.06. The normalized spacial score (nSPS) is 18.8. The van der Waals surface area contributed by atoms with Crippen molar-refractivity contribution in [3.05, 3.63) is 59.6 Å². The predicted molar refractivity (Wildman–Crippen MR) is 128 cm³/mol. The third kappa shape index (κ3) is 6.07. The number of ether oxygens (including phenoxy) is 2. The van der Waals surface area contributed by atoms with Crippen LogP contribution in [0.5, 0.6) is 5.75 Å². The van der Waals surface area contributed by atoms with Gasteiger partial charge in [-0.25, -0.2) is 9.97 Å². The van der Waals surface area contributed by atoms with Crippen molar-refractivity contribution in [2.24, 2.45) is 4.36 Å². The van der Waals surface area contributed by atoms with Gasteiger partial charge < -0.3 is 14.8 Å². The minimum absolute atomic E-state index is 0.488. The van der Waals surface area contributed by atoms with Gasteiger partial charge in [0, 0.05) is 42.6 Å². The van der Waals surface area contributed by atoms with Gasteiger partial charge in [-0.3, -0.25) is 9.14 Å². The van der Waals surface area contributed by atoms with E-state index in [1.54, 1.807) is 19.3 Å². The monoisotopic (exact) mass is 441 g/mol. The molecule has 1 aromatic carbocycles. The SMILES string of the molecule is C=C/C1=C(\C)c2nc(ncc2C)Nc2cc(CS(C)(=N)=NC)cc(c2)OCCCCO1. The van der Waals surface area contributed by atoms with Crippen molar-refractivity contribution >= 4 is 26.8 Å². The highest BCUT2D eigenvalue weighted by molar-refractivity contribution is 7.93. The first-order valence-corrected chi connectivity index (χ1v) is 12.4. The average Bonchev–Trinajstić information content (AvgIpc) is 2.73. The largest absolute Gasteiger partial charge is 0.494 e. The molecule has 0 fully saturated rings. The molecule has 1 atom stereocenters. The zero-order chi connectivity index (χ0) is 22.4. The summed E-state index contributed by atoms with van der Waals surface area (Å²) in [5, 5.41) is 3.30. The van der Waals surface area contributed by atoms with Crippen LogP contribution in [0.1, 0.15) is 36.6 Å². The molecule has 7 nitrogen and oxygen atoms in total. The quantitative estimate of drug-likeness (QED) is 0.657. The Hall–Kier alpha value is -2.87. The molecule has 1 aliphatic rings. The zero-order valence-corrected chi connectivity index (χ0v) is 19.5. The standard InChI is InChI=1S/C23H31N5O2S/c1-6-21-17(3)22-16(2)14-26-23(28-22)27-19-11-18(15-31(5,24)25-4)12-20(13-19)29-9-7-8-10-30-21/h6,11-14,24H,1,7-10,15H2,2-5H3,(H,26,27,28)/b21-17-. The summed E-state index contributed by atoms with van der Waals surface area (Å²) < 4.78 is 24.6. The van der Waals surface area contributed by atoms with Crippen molar-refractivity contribution in [3.63, 3.8) is 0 Å². The number of hydrogen-bond acceptors (Lipinski definition) is 7. The summed E-state index contributed by atoms with van der Waals surface area (Å²) in [7, 11) is -0.0953. The van der Waals surface area contributed by atoms with Gasteiger partial charge in [0.2, 0.25) is 5.95 Å². The van der Waals surface area contributed by atoms with E-state index in [0.717, 1.165) is 52.4 Å². The van der Waals surface area contributed by atoms with Crippen LogP contribution in [0, 0.1) is 11.7 Å². The number of aryl methyl sites for hydroxylation is 1. The van der Waals surface area contributed by atoms with Gasteiger partial charge in [0.1, 0.15) is 11.5 Å². The second-order valence-corrected chi connectivity index (χ2v) is 10.4. The van der Waals surface area contributed by atoms with Gasteiger partial charge in [-0.05, 0) is 56.0 Å². The van der Waals surface area contributed by atoms with Crippen molar-refractivity contribution in [2.45, 2.75) is 32.4 Å². The summed E-state index contributed by atoms with van der Waals surface area (Å²) in [5.41, 5.74) is 4.54. The van der Waals surface area contributed by atoms with Crippen LogP contribution in [0.2, 0.25) is 0 Å². The fourth-order valence-electron chi connectivity index (χ4n) is 3.31. The maximum atomic E-state index is 8.41. The number of anilines is 2. The lowest BCUT2D eigenvalue weighted by Gasteiger charge is -2.14. The van der Waals surface area contributed by atoms with Gasteiger partial charge in [0.15, 0.2) is 0 Å². The van der Waals surface area contributed by atoms with E-state index in [1.165, 1.54) is 0 Å². The maximum absolute atomic E-state index is 8.41. The molecule has 31 heavy (non-hydrogen) atoms. The molecular weight excluding hydrogens is 410 g/mol. The van der Waals surface area contributed by atoms with Crippen LogP contribution in [0.3, 0.4) is 0 Å². The Bertz CT molecular complexity index is 1120. The number of nitrogens with zero attached hydrogens (tertiary/aromatic N) is 3. The van der Waals surface area contributed by atoms with E-state index < -0.39 is 9.62 Å². The van der Waals surface area contributed by atoms with Crippen molar-refractivity contribution in [3.8, 4) is 5.75 Å². The van der Waals surface area contributed by atoms with Crippen LogP contribution in [0.4, 0.5) is 11.6 Å². The van der Waals surface area contributed by atoms with E-state index >= 15 is 0 Å². The predicted octanol–water partition coefficient (Wildman–Crippen LogP) is 5.49. The van der Waals surface area contributed by atoms with Gasteiger partial charge in [-0.2, -0.15) is 0 Å². The lowest BCUT2D eigenvalue weighted by Crippen LogP contribution is -2.05. The zero-order valence-electron chi connectivity index (χ0n) is 18.7. The molecule has 2 aromatic rings. The van der Waals surface area contributed by atoms with Crippen LogP contribution < -0.4 is 10.1 Å². The van der Waals surface area contributed by atoms with E-state index in [1.807, 2.05) is 38.3 Å². The molecule has 0 saturated carbocycles. The van der Waals surface area contributed by atoms with Crippen molar-refractivity contribution < 1.29 is 9.47 Å². The number of hydrogen-bond donors (Lipinski definition) is 2. The van der Waals surface area contributed by atoms with Crippen molar-refractivity contribution in [1.29, 1.82) is 4.78 Å². The Morgan fingerprint density at radius 1 is 1.23 bits per heavy atom. The summed E-state index contributed by atoms with van der Waals surface area (Å²) in [4.78, 5) is 9.19. The first kappa shape index (κ1) is 22.8. The second-order valence-electron chi connectivity index (χ2n) is 7.68. The fraction of sp³-hybridized carbons (Fsp3) is 0.391. The minimum Gasteiger partial charge on any atom is -0.494 e. The van der Waals surface area contributed by atoms with Crippen LogP contribution in [-0.4, -0.2) is 36.5 Å². The summed E-state index contributed by atoms with van der Waals surface area (Å²) in [5.74, 6) is 2.54. The third-order valence-corrected chi connectivity index (χ3v) is 6.72. The Morgan fingerprint density at radius 2 is 1.97 bits per heavy atom. The van der Waals surface area contributed by atoms with E-state index in [2.05, 4.69) is 21.2 Å². The summed E-state index contributed by atoms with van der Waals surface area (Å²) in [6, 6.07) is 5.95. The lowest BCUT2D eigenvalue weighted by atomic mass is 10.1. The number of aromatic nitrogens is 2. The van der Waals surface area contributed by atoms with E-state index in [4.69, 9.17) is 19.2 Å². The lowest BCUT2D eigenvalue weighted by molar-refractivity contribution is 0.207. The second kappa shape index (κ2) is 9.96. The number of nitrogens with one attached hydrogen (secondary N) is 2. The first-order valence-electron chi connectivity index (χ1n) is 10.3. The molecule has 2 heterocycles. The number of allylic oxidation sites excluding steroid dienone is 2. The molecule has 0 aliphatic carbocycles. The molecule has 2 N–H and O–H groups in total. The highest BCUT2D eigenvalue weighted by Gasteiger charge is 2.13. The molecule has 166 valence electrons. The molecule has 3 rings (SSSR count). The van der Waals surface area contributed by atoms with Gasteiger partial charge in [-0.1, -0.05) is 16.2 Å². The number of fused-ring (bicyclic) bond motifs is 4. The fourth-order valence-corrected chi connectivity index (χ4v) is 4.26. The Morgan fingerprint density at radius 3 is 2.68 bits per heavy atom. The van der Waals surface area contributed by atoms with Crippen molar-refractivity contribution in [1.82, 2.24) is 9.97 Å². The number of rotatable bonds is 3. The van der Waals surface area contributed by atoms with E-state index in [-0.39, 0.29) is 0 Å². The van der Waals surface area contributed by atoms with Gasteiger partial charge in [0.25, 0.3) is 0 Å². The van der Waals surface area contributed by atoms with Crippen LogP contribution >= 0.6 is 0 Å². The molecule has 4 bridgehead atoms. The summed E-state index contributed by atoms with van der Waals surface area (Å²) >= 11 is 0. The maximum Gasteiger partial charge on any atom is 0.227 e. The van der Waals surface area contributed by atoms with Crippen LogP contribution in [0.25, 0.3) is 5.57 Å². The summed E-state index contributed by atoms with van der Waals surface area (Å²) in [6.07, 6.45) is 7.15. The number of benzene rings is 1. The topological polar surface area (TPSA) is 92.5 Å². The molecule has 8 heteroatoms. The summed E-state index contributed by atoms with van der Waals surface area (Å²) in [6.45, 7) is 9.04. The molecule has 1 aromatic heterocycles. The Kier molecular flexibility index (Phi) is 7.33.